The van der Waals surface area contributed by atoms with Gasteiger partial charge < -0.3 is 15.4 Å². The Labute approximate surface area is 90.8 Å². The molecule has 4 nitrogen and oxygen atoms in total. The molecule has 0 aromatic heterocycles. The van der Waals surface area contributed by atoms with Gasteiger partial charge in [-0.05, 0) is 32.1 Å². The third kappa shape index (κ3) is 2.32. The highest BCUT2D eigenvalue weighted by Gasteiger charge is 2.38. The van der Waals surface area contributed by atoms with Crippen LogP contribution in [0.4, 0.5) is 0 Å². The molecule has 2 rings (SSSR count). The van der Waals surface area contributed by atoms with Crippen molar-refractivity contribution in [2.24, 2.45) is 5.73 Å². The highest BCUT2D eigenvalue weighted by Crippen LogP contribution is 2.33. The second kappa shape index (κ2) is 4.49. The summed E-state index contributed by atoms with van der Waals surface area (Å²) in [4.78, 5) is 13.4. The highest BCUT2D eigenvalue weighted by molar-refractivity contribution is 5.78. The number of ether oxygens (including phenoxy) is 1. The van der Waals surface area contributed by atoms with E-state index in [1.807, 2.05) is 4.90 Å². The minimum atomic E-state index is -0.0403. The topological polar surface area (TPSA) is 55.6 Å². The van der Waals surface area contributed by atoms with Gasteiger partial charge in [-0.15, -0.1) is 0 Å². The van der Waals surface area contributed by atoms with E-state index in [0.717, 1.165) is 45.4 Å². The number of nitrogens with two attached hydrogens (primary N) is 1. The maximum absolute atomic E-state index is 11.5. The molecule has 0 bridgehead atoms. The molecular formula is C11H20N2O2. The van der Waals surface area contributed by atoms with Crippen molar-refractivity contribution < 1.29 is 9.53 Å². The van der Waals surface area contributed by atoms with Gasteiger partial charge in [-0.3, -0.25) is 4.79 Å². The van der Waals surface area contributed by atoms with Crippen LogP contribution in [0.25, 0.3) is 0 Å². The number of nitrogens with zero attached hydrogens (tertiary/aromatic N) is 1. The summed E-state index contributed by atoms with van der Waals surface area (Å²) < 4.78 is 5.90. The Balaban J connectivity index is 1.99. The van der Waals surface area contributed by atoms with E-state index in [1.54, 1.807) is 0 Å². The van der Waals surface area contributed by atoms with Gasteiger partial charge in [0.1, 0.15) is 0 Å². The fraction of sp³-hybridized carbons (Fsp3) is 0.909. The van der Waals surface area contributed by atoms with Gasteiger partial charge in [0.2, 0.25) is 5.91 Å². The molecule has 0 radical (unpaired) electrons. The van der Waals surface area contributed by atoms with Gasteiger partial charge in [-0.25, -0.2) is 0 Å². The first kappa shape index (κ1) is 10.9. The molecule has 2 heterocycles. The summed E-state index contributed by atoms with van der Waals surface area (Å²) in [7, 11) is 0. The van der Waals surface area contributed by atoms with Crippen molar-refractivity contribution in [2.75, 3.05) is 26.2 Å². The Kier molecular flexibility index (Phi) is 3.26. The van der Waals surface area contributed by atoms with Gasteiger partial charge in [-0.1, -0.05) is 0 Å². The van der Waals surface area contributed by atoms with Crippen LogP contribution in [0.2, 0.25) is 0 Å². The first-order valence-electron chi connectivity index (χ1n) is 5.88. The van der Waals surface area contributed by atoms with E-state index in [1.165, 1.54) is 6.42 Å². The highest BCUT2D eigenvalue weighted by atomic mass is 16.5. The summed E-state index contributed by atoms with van der Waals surface area (Å²) in [6, 6.07) is 0. The lowest BCUT2D eigenvalue weighted by Crippen LogP contribution is -2.54. The molecule has 1 spiro atoms. The van der Waals surface area contributed by atoms with Gasteiger partial charge in [0.15, 0.2) is 0 Å². The second-order valence-electron chi connectivity index (χ2n) is 4.61. The van der Waals surface area contributed by atoms with Crippen LogP contribution in [-0.2, 0) is 9.53 Å². The van der Waals surface area contributed by atoms with Crippen molar-refractivity contribution >= 4 is 5.91 Å². The van der Waals surface area contributed by atoms with Crippen LogP contribution in [0, 0.1) is 0 Å². The first-order chi connectivity index (χ1) is 7.26. The maximum atomic E-state index is 11.5. The Morgan fingerprint density at radius 2 is 2.13 bits per heavy atom. The minimum Gasteiger partial charge on any atom is -0.373 e. The monoisotopic (exact) mass is 212 g/mol. The zero-order chi connectivity index (χ0) is 10.7. The molecule has 2 fully saturated rings. The van der Waals surface area contributed by atoms with Gasteiger partial charge in [0.05, 0.1) is 12.1 Å². The Bertz CT molecular complexity index is 231. The molecule has 2 aliphatic rings. The maximum Gasteiger partial charge on any atom is 0.236 e. The van der Waals surface area contributed by atoms with Crippen LogP contribution in [0.15, 0.2) is 0 Å². The van der Waals surface area contributed by atoms with Gasteiger partial charge in [0.25, 0.3) is 0 Å². The van der Waals surface area contributed by atoms with Crippen LogP contribution in [0.5, 0.6) is 0 Å². The van der Waals surface area contributed by atoms with Gasteiger partial charge in [-0.2, -0.15) is 0 Å². The van der Waals surface area contributed by atoms with E-state index < -0.39 is 0 Å². The number of amides is 1. The molecule has 15 heavy (non-hydrogen) atoms. The SMILES string of the molecule is NCC(=O)N1CCC[C@]2(CCCCO2)C1. The zero-order valence-corrected chi connectivity index (χ0v) is 9.21. The van der Waals surface area contributed by atoms with Crippen molar-refractivity contribution in [3.8, 4) is 0 Å². The van der Waals surface area contributed by atoms with Crippen LogP contribution in [0.1, 0.15) is 32.1 Å². The molecule has 2 aliphatic heterocycles. The zero-order valence-electron chi connectivity index (χ0n) is 9.21. The summed E-state index contributed by atoms with van der Waals surface area (Å²) in [5.41, 5.74) is 5.35. The van der Waals surface area contributed by atoms with Gasteiger partial charge in [0, 0.05) is 19.7 Å². The summed E-state index contributed by atoms with van der Waals surface area (Å²) in [5, 5.41) is 0. The summed E-state index contributed by atoms with van der Waals surface area (Å²) in [6.45, 7) is 2.57. The average Bonchev–Trinajstić information content (AvgIpc) is 2.29. The molecule has 4 heteroatoms. The smallest absolute Gasteiger partial charge is 0.236 e. The molecule has 1 amide bonds. The quantitative estimate of drug-likeness (QED) is 0.689. The summed E-state index contributed by atoms with van der Waals surface area (Å²) in [6.07, 6.45) is 5.63. The fourth-order valence-corrected chi connectivity index (χ4v) is 2.67. The number of piperidine rings is 1. The first-order valence-corrected chi connectivity index (χ1v) is 5.88. The van der Waals surface area contributed by atoms with Crippen LogP contribution in [-0.4, -0.2) is 42.6 Å². The van der Waals surface area contributed by atoms with Crippen molar-refractivity contribution in [3.63, 3.8) is 0 Å². The van der Waals surface area contributed by atoms with Crippen molar-refractivity contribution in [1.82, 2.24) is 4.90 Å². The standard InChI is InChI=1S/C11H20N2O2/c12-8-10(14)13-6-3-5-11(9-13)4-1-2-7-15-11/h1-9,12H2/t11-/m1/s1. The summed E-state index contributed by atoms with van der Waals surface area (Å²) >= 11 is 0. The molecule has 0 aromatic carbocycles. The third-order valence-electron chi connectivity index (χ3n) is 3.50. The van der Waals surface area contributed by atoms with Crippen LogP contribution < -0.4 is 5.73 Å². The van der Waals surface area contributed by atoms with E-state index in [9.17, 15) is 4.79 Å². The van der Waals surface area contributed by atoms with Crippen molar-refractivity contribution in [1.29, 1.82) is 0 Å². The minimum absolute atomic E-state index is 0.0403. The normalized spacial score (nSPS) is 31.9. The van der Waals surface area contributed by atoms with E-state index in [-0.39, 0.29) is 18.1 Å². The summed E-state index contributed by atoms with van der Waals surface area (Å²) in [5.74, 6) is 0.0586. The number of likely N-dealkylation sites (tertiary alicyclic amines) is 1. The molecule has 2 saturated heterocycles. The van der Waals surface area contributed by atoms with E-state index in [2.05, 4.69) is 0 Å². The Morgan fingerprint density at radius 3 is 2.80 bits per heavy atom. The number of carbonyl (C=O) groups is 1. The van der Waals surface area contributed by atoms with Crippen molar-refractivity contribution in [3.05, 3.63) is 0 Å². The molecule has 86 valence electrons. The van der Waals surface area contributed by atoms with Crippen LogP contribution in [0.3, 0.4) is 0 Å². The lowest BCUT2D eigenvalue weighted by atomic mass is 9.86. The lowest BCUT2D eigenvalue weighted by Gasteiger charge is -2.44. The average molecular weight is 212 g/mol. The van der Waals surface area contributed by atoms with E-state index in [4.69, 9.17) is 10.5 Å². The second-order valence-corrected chi connectivity index (χ2v) is 4.61. The predicted octanol–water partition coefficient (Wildman–Crippen LogP) is 0.507. The van der Waals surface area contributed by atoms with Gasteiger partial charge >= 0.3 is 0 Å². The van der Waals surface area contributed by atoms with Crippen molar-refractivity contribution in [2.45, 2.75) is 37.7 Å². The number of rotatable bonds is 1. The molecule has 0 saturated carbocycles. The molecule has 0 aromatic rings. The number of hydrogen-bond acceptors (Lipinski definition) is 3. The molecule has 2 N–H and O–H groups in total. The molecule has 0 unspecified atom stereocenters. The lowest BCUT2D eigenvalue weighted by molar-refractivity contribution is -0.147. The largest absolute Gasteiger partial charge is 0.373 e. The molecule has 1 atom stereocenters. The fourth-order valence-electron chi connectivity index (χ4n) is 2.67. The van der Waals surface area contributed by atoms with Crippen LogP contribution >= 0.6 is 0 Å². The number of hydrogen-bond donors (Lipinski definition) is 1. The predicted molar refractivity (Wildman–Crippen MR) is 57.4 cm³/mol. The molecule has 0 aliphatic carbocycles. The third-order valence-corrected chi connectivity index (χ3v) is 3.50. The molecular weight excluding hydrogens is 192 g/mol. The number of carbonyl (C=O) groups excluding carboxylic acids is 1. The van der Waals surface area contributed by atoms with E-state index >= 15 is 0 Å². The van der Waals surface area contributed by atoms with E-state index in [0.29, 0.717) is 0 Å². The Morgan fingerprint density at radius 1 is 1.33 bits per heavy atom. The Hall–Kier alpha value is -0.610.